The SMILES string of the molecule is CN(C)C=C1CC=CC=C1[C]=O. The molecule has 0 N–H and O–H groups in total. The summed E-state index contributed by atoms with van der Waals surface area (Å²) in [6, 6.07) is 0. The van der Waals surface area contributed by atoms with Gasteiger partial charge >= 0.3 is 0 Å². The summed E-state index contributed by atoms with van der Waals surface area (Å²) in [6.45, 7) is 0. The van der Waals surface area contributed by atoms with Gasteiger partial charge in [-0.1, -0.05) is 18.2 Å². The third-order valence-electron chi connectivity index (χ3n) is 1.61. The van der Waals surface area contributed by atoms with Gasteiger partial charge in [-0.05, 0) is 12.0 Å². The van der Waals surface area contributed by atoms with Crippen molar-refractivity contribution in [2.75, 3.05) is 14.1 Å². The van der Waals surface area contributed by atoms with E-state index in [2.05, 4.69) is 0 Å². The van der Waals surface area contributed by atoms with Gasteiger partial charge < -0.3 is 4.90 Å². The molecule has 1 aliphatic rings. The van der Waals surface area contributed by atoms with Crippen LogP contribution in [0.5, 0.6) is 0 Å². The Bertz CT molecular complexity index is 259. The van der Waals surface area contributed by atoms with Crippen molar-refractivity contribution in [3.63, 3.8) is 0 Å². The number of hydrogen-bond acceptors (Lipinski definition) is 2. The molecule has 0 aliphatic heterocycles. The van der Waals surface area contributed by atoms with Crippen LogP contribution in [0.25, 0.3) is 0 Å². The summed E-state index contributed by atoms with van der Waals surface area (Å²) in [6.07, 6.45) is 10.4. The Morgan fingerprint density at radius 3 is 2.92 bits per heavy atom. The van der Waals surface area contributed by atoms with Crippen LogP contribution >= 0.6 is 0 Å². The van der Waals surface area contributed by atoms with Crippen molar-refractivity contribution in [3.8, 4) is 0 Å². The fourth-order valence-electron chi connectivity index (χ4n) is 1.11. The first-order chi connectivity index (χ1) is 5.74. The zero-order chi connectivity index (χ0) is 8.97. The fraction of sp³-hybridized carbons (Fsp3) is 0.300. The molecule has 0 heterocycles. The van der Waals surface area contributed by atoms with Crippen molar-refractivity contribution in [1.82, 2.24) is 4.90 Å². The van der Waals surface area contributed by atoms with E-state index in [4.69, 9.17) is 0 Å². The average molecular weight is 162 g/mol. The van der Waals surface area contributed by atoms with Crippen molar-refractivity contribution in [3.05, 3.63) is 35.6 Å². The van der Waals surface area contributed by atoms with E-state index in [1.54, 1.807) is 6.08 Å². The first-order valence-electron chi connectivity index (χ1n) is 3.86. The van der Waals surface area contributed by atoms with Crippen molar-refractivity contribution in [2.45, 2.75) is 6.42 Å². The molecule has 0 saturated carbocycles. The molecule has 0 amide bonds. The summed E-state index contributed by atoms with van der Waals surface area (Å²) in [5, 5.41) is 0. The van der Waals surface area contributed by atoms with Gasteiger partial charge in [0.2, 0.25) is 6.29 Å². The van der Waals surface area contributed by atoms with E-state index in [9.17, 15) is 4.79 Å². The molecule has 0 aromatic rings. The maximum Gasteiger partial charge on any atom is 0.233 e. The minimum absolute atomic E-state index is 0.659. The molecule has 0 atom stereocenters. The molecule has 2 heteroatoms. The van der Waals surface area contributed by atoms with Gasteiger partial charge in [0.05, 0.1) is 0 Å². The van der Waals surface area contributed by atoms with Crippen LogP contribution < -0.4 is 0 Å². The highest BCUT2D eigenvalue weighted by Gasteiger charge is 2.06. The lowest BCUT2D eigenvalue weighted by molar-refractivity contribution is 0.553. The van der Waals surface area contributed by atoms with Crippen molar-refractivity contribution in [2.24, 2.45) is 0 Å². The fourth-order valence-corrected chi connectivity index (χ4v) is 1.11. The van der Waals surface area contributed by atoms with Gasteiger partial charge in [0.15, 0.2) is 0 Å². The predicted molar refractivity (Wildman–Crippen MR) is 49.3 cm³/mol. The smallest absolute Gasteiger partial charge is 0.233 e. The summed E-state index contributed by atoms with van der Waals surface area (Å²) in [7, 11) is 3.88. The van der Waals surface area contributed by atoms with Gasteiger partial charge in [-0.3, -0.25) is 4.79 Å². The van der Waals surface area contributed by atoms with E-state index in [1.807, 2.05) is 43.6 Å². The van der Waals surface area contributed by atoms with Crippen LogP contribution in [0.4, 0.5) is 0 Å². The second-order valence-corrected chi connectivity index (χ2v) is 2.93. The molecule has 0 aromatic heterocycles. The lowest BCUT2D eigenvalue weighted by Gasteiger charge is -2.11. The summed E-state index contributed by atoms with van der Waals surface area (Å²) < 4.78 is 0. The summed E-state index contributed by atoms with van der Waals surface area (Å²) in [4.78, 5) is 12.4. The molecule has 0 spiro atoms. The number of hydrogen-bond donors (Lipinski definition) is 0. The average Bonchev–Trinajstić information content (AvgIpc) is 2.04. The monoisotopic (exact) mass is 162 g/mol. The number of nitrogens with zero attached hydrogens (tertiary/aromatic N) is 1. The van der Waals surface area contributed by atoms with Gasteiger partial charge in [-0.15, -0.1) is 0 Å². The van der Waals surface area contributed by atoms with E-state index in [1.165, 1.54) is 0 Å². The third kappa shape index (κ3) is 2.09. The number of allylic oxidation sites excluding steroid dienone is 5. The molecule has 0 aromatic carbocycles. The summed E-state index contributed by atoms with van der Waals surface area (Å²) in [5.41, 5.74) is 1.68. The molecule has 0 fully saturated rings. The molecule has 12 heavy (non-hydrogen) atoms. The van der Waals surface area contributed by atoms with Crippen LogP contribution in [0.3, 0.4) is 0 Å². The second-order valence-electron chi connectivity index (χ2n) is 2.93. The van der Waals surface area contributed by atoms with E-state index in [0.717, 1.165) is 12.0 Å². The highest BCUT2D eigenvalue weighted by Crippen LogP contribution is 2.17. The normalized spacial score (nSPS) is 19.2. The standard InChI is InChI=1S/C10H12NO/c1-11(2)7-9-5-3-4-6-10(9)8-12/h3-4,6-7H,5H2,1-2H3. The van der Waals surface area contributed by atoms with E-state index >= 15 is 0 Å². The van der Waals surface area contributed by atoms with Gasteiger partial charge in [0.25, 0.3) is 0 Å². The van der Waals surface area contributed by atoms with Crippen LogP contribution in [0, 0.1) is 0 Å². The van der Waals surface area contributed by atoms with Crippen LogP contribution in [0.2, 0.25) is 0 Å². The van der Waals surface area contributed by atoms with E-state index < -0.39 is 0 Å². The quantitative estimate of drug-likeness (QED) is 0.612. The van der Waals surface area contributed by atoms with Gasteiger partial charge in [-0.2, -0.15) is 0 Å². The molecule has 1 radical (unpaired) electrons. The number of rotatable bonds is 2. The minimum atomic E-state index is 0.659. The molecule has 1 aliphatic carbocycles. The molecule has 0 saturated heterocycles. The first-order valence-corrected chi connectivity index (χ1v) is 3.86. The zero-order valence-corrected chi connectivity index (χ0v) is 7.37. The van der Waals surface area contributed by atoms with Crippen molar-refractivity contribution < 1.29 is 4.79 Å². The van der Waals surface area contributed by atoms with Gasteiger partial charge in [-0.25, -0.2) is 0 Å². The summed E-state index contributed by atoms with van der Waals surface area (Å²) >= 11 is 0. The van der Waals surface area contributed by atoms with E-state index in [-0.39, 0.29) is 0 Å². The maximum absolute atomic E-state index is 10.5. The first kappa shape index (κ1) is 8.78. The lowest BCUT2D eigenvalue weighted by Crippen LogP contribution is -2.05. The van der Waals surface area contributed by atoms with Crippen LogP contribution in [-0.2, 0) is 4.79 Å². The zero-order valence-electron chi connectivity index (χ0n) is 7.37. The molecule has 0 bridgehead atoms. The Balaban J connectivity index is 2.86. The predicted octanol–water partition coefficient (Wildman–Crippen LogP) is 1.43. The second kappa shape index (κ2) is 3.90. The van der Waals surface area contributed by atoms with Crippen molar-refractivity contribution in [1.29, 1.82) is 0 Å². The van der Waals surface area contributed by atoms with Crippen LogP contribution in [0.15, 0.2) is 35.6 Å². The Kier molecular flexibility index (Phi) is 2.86. The molecular formula is C10H12NO. The Morgan fingerprint density at radius 1 is 1.58 bits per heavy atom. The lowest BCUT2D eigenvalue weighted by atomic mass is 10.0. The van der Waals surface area contributed by atoms with Crippen LogP contribution in [-0.4, -0.2) is 25.3 Å². The van der Waals surface area contributed by atoms with Gasteiger partial charge in [0.1, 0.15) is 0 Å². The summed E-state index contributed by atoms with van der Waals surface area (Å²) in [5.74, 6) is 0. The highest BCUT2D eigenvalue weighted by atomic mass is 16.1. The van der Waals surface area contributed by atoms with E-state index in [0.29, 0.717) is 5.57 Å². The Morgan fingerprint density at radius 2 is 2.33 bits per heavy atom. The Hall–Kier alpha value is -1.31. The largest absolute Gasteiger partial charge is 0.383 e. The third-order valence-corrected chi connectivity index (χ3v) is 1.61. The highest BCUT2D eigenvalue weighted by molar-refractivity contribution is 5.82. The van der Waals surface area contributed by atoms with Crippen molar-refractivity contribution >= 4 is 6.29 Å². The molecule has 2 nitrogen and oxygen atoms in total. The minimum Gasteiger partial charge on any atom is -0.383 e. The topological polar surface area (TPSA) is 20.3 Å². The molecule has 63 valence electrons. The number of carbonyl (C=O) groups excluding carboxylic acids is 1. The van der Waals surface area contributed by atoms with Crippen LogP contribution in [0.1, 0.15) is 6.42 Å². The molecule has 0 unspecified atom stereocenters. The maximum atomic E-state index is 10.5. The molecule has 1 rings (SSSR count). The Labute approximate surface area is 72.9 Å². The molecular weight excluding hydrogens is 150 g/mol. The van der Waals surface area contributed by atoms with Gasteiger partial charge in [0, 0.05) is 25.9 Å².